The van der Waals surface area contributed by atoms with Crippen molar-refractivity contribution in [1.82, 2.24) is 5.32 Å². The van der Waals surface area contributed by atoms with Gasteiger partial charge in [-0.05, 0) is 55.5 Å². The van der Waals surface area contributed by atoms with E-state index in [-0.39, 0.29) is 11.9 Å². The number of halogens is 2. The fraction of sp³-hybridized carbons (Fsp3) is 0.538. The van der Waals surface area contributed by atoms with Gasteiger partial charge in [0.1, 0.15) is 5.82 Å². The van der Waals surface area contributed by atoms with Crippen LogP contribution in [0.5, 0.6) is 0 Å². The minimum absolute atomic E-state index is 0.187. The average Bonchev–Trinajstić information content (AvgIpc) is 2.26. The Kier molecular flexibility index (Phi) is 3.50. The quantitative estimate of drug-likeness (QED) is 0.831. The average molecular weight is 242 g/mol. The number of rotatable bonds is 2. The van der Waals surface area contributed by atoms with Crippen LogP contribution in [0.25, 0.3) is 0 Å². The van der Waals surface area contributed by atoms with Gasteiger partial charge in [0.05, 0.1) is 0 Å². The van der Waals surface area contributed by atoms with Crippen molar-refractivity contribution in [3.05, 3.63) is 33.6 Å². The molecule has 1 N–H and O–H groups in total. The van der Waals surface area contributed by atoms with Gasteiger partial charge in [0, 0.05) is 11.1 Å². The lowest BCUT2D eigenvalue weighted by atomic mass is 9.84. The number of hydrogen-bond donors (Lipinski definition) is 1. The summed E-state index contributed by atoms with van der Waals surface area (Å²) in [5.41, 5.74) is 2.99. The zero-order valence-corrected chi connectivity index (χ0v) is 10.5. The molecule has 0 spiro atoms. The van der Waals surface area contributed by atoms with Crippen LogP contribution in [-0.4, -0.2) is 6.54 Å². The van der Waals surface area contributed by atoms with Gasteiger partial charge in [-0.1, -0.05) is 18.5 Å². The molecule has 3 heteroatoms. The highest BCUT2D eigenvalue weighted by molar-refractivity contribution is 6.31. The second-order valence-electron chi connectivity index (χ2n) is 4.36. The summed E-state index contributed by atoms with van der Waals surface area (Å²) in [5.74, 6) is -0.187. The summed E-state index contributed by atoms with van der Waals surface area (Å²) in [6.45, 7) is 4.82. The van der Waals surface area contributed by atoms with Crippen LogP contribution in [0.2, 0.25) is 5.02 Å². The molecule has 0 aliphatic heterocycles. The molecule has 1 nitrogen and oxygen atoms in total. The second-order valence-corrected chi connectivity index (χ2v) is 4.77. The Balaban J connectivity index is 2.53. The van der Waals surface area contributed by atoms with Crippen LogP contribution in [0.1, 0.15) is 42.5 Å². The van der Waals surface area contributed by atoms with E-state index in [2.05, 4.69) is 12.2 Å². The summed E-state index contributed by atoms with van der Waals surface area (Å²) in [6, 6.07) is 1.71. The highest BCUT2D eigenvalue weighted by Crippen LogP contribution is 2.37. The third-order valence-corrected chi connectivity index (χ3v) is 3.68. The molecule has 0 amide bonds. The molecule has 0 radical (unpaired) electrons. The van der Waals surface area contributed by atoms with Crippen molar-refractivity contribution in [2.24, 2.45) is 0 Å². The van der Waals surface area contributed by atoms with E-state index in [4.69, 9.17) is 11.6 Å². The number of nitrogens with one attached hydrogen (secondary N) is 1. The minimum Gasteiger partial charge on any atom is -0.310 e. The maximum Gasteiger partial charge on any atom is 0.127 e. The third kappa shape index (κ3) is 1.96. The van der Waals surface area contributed by atoms with Crippen molar-refractivity contribution in [2.75, 3.05) is 6.54 Å². The first-order valence-corrected chi connectivity index (χ1v) is 6.23. The lowest BCUT2D eigenvalue weighted by Crippen LogP contribution is -2.26. The van der Waals surface area contributed by atoms with Gasteiger partial charge in [-0.25, -0.2) is 4.39 Å². The summed E-state index contributed by atoms with van der Waals surface area (Å²) in [4.78, 5) is 0. The molecule has 1 aliphatic carbocycles. The Hall–Kier alpha value is -0.600. The third-order valence-electron chi connectivity index (χ3n) is 3.35. The Morgan fingerprint density at radius 1 is 1.56 bits per heavy atom. The summed E-state index contributed by atoms with van der Waals surface area (Å²) in [5, 5.41) is 3.99. The predicted octanol–water partition coefficient (Wildman–Crippen LogP) is 3.77. The molecule has 1 aromatic carbocycles. The van der Waals surface area contributed by atoms with Crippen molar-refractivity contribution in [1.29, 1.82) is 0 Å². The van der Waals surface area contributed by atoms with Crippen LogP contribution in [0.15, 0.2) is 6.07 Å². The fourth-order valence-electron chi connectivity index (χ4n) is 2.59. The molecule has 0 bridgehead atoms. The van der Waals surface area contributed by atoms with E-state index in [1.807, 2.05) is 6.92 Å². The maximum atomic E-state index is 13.7. The van der Waals surface area contributed by atoms with Crippen LogP contribution in [0.4, 0.5) is 4.39 Å². The first-order valence-electron chi connectivity index (χ1n) is 5.86. The largest absolute Gasteiger partial charge is 0.310 e. The van der Waals surface area contributed by atoms with Gasteiger partial charge < -0.3 is 5.32 Å². The molecule has 1 aromatic rings. The van der Waals surface area contributed by atoms with Gasteiger partial charge in [0.2, 0.25) is 0 Å². The van der Waals surface area contributed by atoms with Crippen LogP contribution in [0.3, 0.4) is 0 Å². The zero-order chi connectivity index (χ0) is 11.7. The molecule has 0 aromatic heterocycles. The van der Waals surface area contributed by atoms with Crippen LogP contribution in [-0.2, 0) is 6.42 Å². The molecule has 88 valence electrons. The summed E-state index contributed by atoms with van der Waals surface area (Å²) in [7, 11) is 0. The van der Waals surface area contributed by atoms with Gasteiger partial charge in [-0.3, -0.25) is 0 Å². The summed E-state index contributed by atoms with van der Waals surface area (Å²) < 4.78 is 13.7. The first kappa shape index (κ1) is 11.9. The normalized spacial score (nSPS) is 19.6. The van der Waals surface area contributed by atoms with E-state index in [0.717, 1.165) is 42.5 Å². The lowest BCUT2D eigenvalue weighted by Gasteiger charge is -2.29. The molecule has 1 aliphatic rings. The van der Waals surface area contributed by atoms with Crippen molar-refractivity contribution in [2.45, 2.75) is 39.2 Å². The molecule has 0 saturated carbocycles. The number of benzene rings is 1. The molecule has 0 heterocycles. The maximum absolute atomic E-state index is 13.7. The second kappa shape index (κ2) is 4.72. The first-order chi connectivity index (χ1) is 7.65. The van der Waals surface area contributed by atoms with Gasteiger partial charge in [0.15, 0.2) is 0 Å². The van der Waals surface area contributed by atoms with Gasteiger partial charge in [-0.2, -0.15) is 0 Å². The molecule has 0 saturated heterocycles. The van der Waals surface area contributed by atoms with Crippen LogP contribution >= 0.6 is 11.6 Å². The van der Waals surface area contributed by atoms with Crippen molar-refractivity contribution < 1.29 is 4.39 Å². The lowest BCUT2D eigenvalue weighted by molar-refractivity contribution is 0.464. The Labute approximate surface area is 101 Å². The smallest absolute Gasteiger partial charge is 0.127 e. The fourth-order valence-corrected chi connectivity index (χ4v) is 2.89. The van der Waals surface area contributed by atoms with Crippen molar-refractivity contribution in [3.63, 3.8) is 0 Å². The minimum atomic E-state index is -0.187. The summed E-state index contributed by atoms with van der Waals surface area (Å²) >= 11 is 6.12. The highest BCUT2D eigenvalue weighted by Gasteiger charge is 2.25. The number of hydrogen-bond acceptors (Lipinski definition) is 1. The Morgan fingerprint density at radius 3 is 3.00 bits per heavy atom. The zero-order valence-electron chi connectivity index (χ0n) is 9.74. The highest BCUT2D eigenvalue weighted by atomic mass is 35.5. The van der Waals surface area contributed by atoms with Crippen molar-refractivity contribution >= 4 is 11.6 Å². The Morgan fingerprint density at radius 2 is 2.31 bits per heavy atom. The molecular formula is C13H17ClFN. The summed E-state index contributed by atoms with van der Waals surface area (Å²) in [6.07, 6.45) is 3.16. The topological polar surface area (TPSA) is 12.0 Å². The molecule has 1 unspecified atom stereocenters. The molecule has 1 atom stereocenters. The Bertz CT molecular complexity index is 403. The predicted molar refractivity (Wildman–Crippen MR) is 65.5 cm³/mol. The van der Waals surface area contributed by atoms with E-state index in [1.165, 1.54) is 6.07 Å². The molecule has 0 fully saturated rings. The van der Waals surface area contributed by atoms with Crippen LogP contribution < -0.4 is 5.32 Å². The SMILES string of the molecule is CCNC1CCCc2c(Cl)cc(F)c(C)c21. The van der Waals surface area contributed by atoms with E-state index < -0.39 is 0 Å². The van der Waals surface area contributed by atoms with E-state index in [1.54, 1.807) is 0 Å². The molecular weight excluding hydrogens is 225 g/mol. The molecule has 2 rings (SSSR count). The standard InChI is InChI=1S/C13H17ClFN/c1-3-16-12-6-4-5-9-10(14)7-11(15)8(2)13(9)12/h7,12,16H,3-6H2,1-2H3. The van der Waals surface area contributed by atoms with Crippen molar-refractivity contribution in [3.8, 4) is 0 Å². The van der Waals surface area contributed by atoms with E-state index in [0.29, 0.717) is 5.02 Å². The van der Waals surface area contributed by atoms with E-state index >= 15 is 0 Å². The number of fused-ring (bicyclic) bond motifs is 1. The molecule has 16 heavy (non-hydrogen) atoms. The van der Waals surface area contributed by atoms with Gasteiger partial charge >= 0.3 is 0 Å². The van der Waals surface area contributed by atoms with Gasteiger partial charge in [0.25, 0.3) is 0 Å². The van der Waals surface area contributed by atoms with E-state index in [9.17, 15) is 4.39 Å². The van der Waals surface area contributed by atoms with Gasteiger partial charge in [-0.15, -0.1) is 0 Å². The monoisotopic (exact) mass is 241 g/mol. The van der Waals surface area contributed by atoms with Crippen LogP contribution in [0, 0.1) is 12.7 Å².